The Hall–Kier alpha value is -1.69. The highest BCUT2D eigenvalue weighted by molar-refractivity contribution is 7.80. The number of nitrogens with one attached hydrogen (secondary N) is 1. The average molecular weight is 242 g/mol. The van der Waals surface area contributed by atoms with Crippen LogP contribution in [0.25, 0.3) is 0 Å². The predicted molar refractivity (Wildman–Crippen MR) is 61.4 cm³/mol. The number of thiocarbonyl (C=S) groups is 1. The molecule has 0 aliphatic carbocycles. The fraction of sp³-hybridized carbons (Fsp3) is 0.200. The van der Waals surface area contributed by atoms with E-state index in [1.54, 1.807) is 0 Å². The molecule has 1 rings (SSSR count). The summed E-state index contributed by atoms with van der Waals surface area (Å²) < 4.78 is 17.6. The smallest absolute Gasteiger partial charge is 0.338 e. The van der Waals surface area contributed by atoms with Crippen LogP contribution in [0.2, 0.25) is 0 Å². The van der Waals surface area contributed by atoms with Crippen molar-refractivity contribution < 1.29 is 13.9 Å². The maximum Gasteiger partial charge on any atom is 0.338 e. The van der Waals surface area contributed by atoms with Gasteiger partial charge in [0.05, 0.1) is 12.7 Å². The Balaban J connectivity index is 2.98. The molecule has 0 heterocycles. The SMILES string of the molecule is COC(=O)c1ccc(F)cc1CNC(N)=S. The summed E-state index contributed by atoms with van der Waals surface area (Å²) in [7, 11) is 1.26. The topological polar surface area (TPSA) is 64.3 Å². The van der Waals surface area contributed by atoms with Crippen LogP contribution in [0, 0.1) is 5.82 Å². The highest BCUT2D eigenvalue weighted by atomic mass is 32.1. The maximum atomic E-state index is 13.0. The zero-order chi connectivity index (χ0) is 12.1. The first-order chi connectivity index (χ1) is 7.54. The number of hydrogen-bond acceptors (Lipinski definition) is 3. The quantitative estimate of drug-likeness (QED) is 0.610. The summed E-state index contributed by atoms with van der Waals surface area (Å²) in [6, 6.07) is 3.78. The molecule has 1 aromatic rings. The molecule has 0 spiro atoms. The molecule has 0 aliphatic heterocycles. The van der Waals surface area contributed by atoms with Crippen molar-refractivity contribution in [1.29, 1.82) is 0 Å². The van der Waals surface area contributed by atoms with Crippen molar-refractivity contribution in [3.63, 3.8) is 0 Å². The van der Waals surface area contributed by atoms with Gasteiger partial charge < -0.3 is 15.8 Å². The molecule has 3 N–H and O–H groups in total. The Morgan fingerprint density at radius 3 is 2.88 bits per heavy atom. The second-order valence-corrected chi connectivity index (χ2v) is 3.45. The summed E-state index contributed by atoms with van der Waals surface area (Å²) >= 11 is 4.62. The summed E-state index contributed by atoms with van der Waals surface area (Å²) in [6.07, 6.45) is 0. The minimum Gasteiger partial charge on any atom is -0.465 e. The van der Waals surface area contributed by atoms with E-state index in [4.69, 9.17) is 5.73 Å². The second-order valence-electron chi connectivity index (χ2n) is 3.01. The summed E-state index contributed by atoms with van der Waals surface area (Å²) in [4.78, 5) is 11.4. The minimum absolute atomic E-state index is 0.0834. The highest BCUT2D eigenvalue weighted by Crippen LogP contribution is 2.12. The lowest BCUT2D eigenvalue weighted by molar-refractivity contribution is 0.0599. The van der Waals surface area contributed by atoms with Gasteiger partial charge in [0, 0.05) is 6.54 Å². The lowest BCUT2D eigenvalue weighted by atomic mass is 10.1. The number of carbonyl (C=O) groups excluding carboxylic acids is 1. The van der Waals surface area contributed by atoms with Gasteiger partial charge in [-0.05, 0) is 36.0 Å². The van der Waals surface area contributed by atoms with Crippen LogP contribution in [0.3, 0.4) is 0 Å². The molecule has 0 saturated heterocycles. The van der Waals surface area contributed by atoms with E-state index in [9.17, 15) is 9.18 Å². The van der Waals surface area contributed by atoms with Gasteiger partial charge in [0.2, 0.25) is 0 Å². The van der Waals surface area contributed by atoms with E-state index < -0.39 is 11.8 Å². The Labute approximate surface area is 97.6 Å². The fourth-order valence-corrected chi connectivity index (χ4v) is 1.27. The van der Waals surface area contributed by atoms with E-state index in [1.165, 1.54) is 25.3 Å². The number of halogens is 1. The number of esters is 1. The van der Waals surface area contributed by atoms with Gasteiger partial charge in [0.1, 0.15) is 5.82 Å². The van der Waals surface area contributed by atoms with Gasteiger partial charge >= 0.3 is 5.97 Å². The number of carbonyl (C=O) groups is 1. The molecule has 0 unspecified atom stereocenters. The van der Waals surface area contributed by atoms with Crippen molar-refractivity contribution >= 4 is 23.3 Å². The van der Waals surface area contributed by atoms with Gasteiger partial charge in [-0.3, -0.25) is 0 Å². The van der Waals surface area contributed by atoms with Crippen LogP contribution in [0.5, 0.6) is 0 Å². The van der Waals surface area contributed by atoms with Crippen LogP contribution in [0.4, 0.5) is 4.39 Å². The summed E-state index contributed by atoms with van der Waals surface area (Å²) in [5.41, 5.74) is 5.98. The van der Waals surface area contributed by atoms with Crippen molar-refractivity contribution in [3.05, 3.63) is 35.1 Å². The van der Waals surface area contributed by atoms with E-state index in [1.807, 2.05) is 0 Å². The van der Waals surface area contributed by atoms with Crippen LogP contribution in [0.1, 0.15) is 15.9 Å². The molecule has 0 bridgehead atoms. The molecule has 0 aromatic heterocycles. The number of ether oxygens (including phenoxy) is 1. The summed E-state index contributed by atoms with van der Waals surface area (Å²) in [5.74, 6) is -0.966. The standard InChI is InChI=1S/C10H11FN2O2S/c1-15-9(14)8-3-2-7(11)4-6(8)5-13-10(12)16/h2-4H,5H2,1H3,(H3,12,13,16). The van der Waals surface area contributed by atoms with Crippen LogP contribution < -0.4 is 11.1 Å². The Morgan fingerprint density at radius 1 is 1.62 bits per heavy atom. The number of hydrogen-bond donors (Lipinski definition) is 2. The van der Waals surface area contributed by atoms with Gasteiger partial charge in [-0.2, -0.15) is 0 Å². The van der Waals surface area contributed by atoms with E-state index in [0.717, 1.165) is 0 Å². The monoisotopic (exact) mass is 242 g/mol. The zero-order valence-electron chi connectivity index (χ0n) is 8.62. The maximum absolute atomic E-state index is 13.0. The third-order valence-corrected chi connectivity index (χ3v) is 2.07. The normalized spacial score (nSPS) is 9.62. The number of nitrogens with two attached hydrogens (primary N) is 1. The van der Waals surface area contributed by atoms with Crippen molar-refractivity contribution in [2.24, 2.45) is 5.73 Å². The molecule has 0 fully saturated rings. The third-order valence-electron chi connectivity index (χ3n) is 1.93. The summed E-state index contributed by atoms with van der Waals surface area (Å²) in [6.45, 7) is 0.178. The largest absolute Gasteiger partial charge is 0.465 e. The van der Waals surface area contributed by atoms with Crippen LogP contribution in [-0.2, 0) is 11.3 Å². The van der Waals surface area contributed by atoms with E-state index in [0.29, 0.717) is 5.56 Å². The molecule has 0 aliphatic rings. The number of methoxy groups -OCH3 is 1. The molecule has 86 valence electrons. The Bertz CT molecular complexity index is 423. The number of rotatable bonds is 3. The lowest BCUT2D eigenvalue weighted by Crippen LogP contribution is -2.29. The molecule has 0 atom stereocenters. The fourth-order valence-electron chi connectivity index (χ4n) is 1.20. The summed E-state index contributed by atoms with van der Waals surface area (Å²) in [5, 5.41) is 2.73. The first kappa shape index (κ1) is 12.4. The lowest BCUT2D eigenvalue weighted by Gasteiger charge is -2.09. The minimum atomic E-state index is -0.528. The first-order valence-electron chi connectivity index (χ1n) is 4.44. The Morgan fingerprint density at radius 2 is 2.31 bits per heavy atom. The van der Waals surface area contributed by atoms with E-state index in [-0.39, 0.29) is 17.2 Å². The van der Waals surface area contributed by atoms with Gasteiger partial charge in [-0.25, -0.2) is 9.18 Å². The number of benzene rings is 1. The van der Waals surface area contributed by atoms with Gasteiger partial charge in [-0.15, -0.1) is 0 Å². The van der Waals surface area contributed by atoms with Crippen molar-refractivity contribution in [3.8, 4) is 0 Å². The highest BCUT2D eigenvalue weighted by Gasteiger charge is 2.12. The average Bonchev–Trinajstić information content (AvgIpc) is 2.25. The molecular formula is C10H11FN2O2S. The molecule has 4 nitrogen and oxygen atoms in total. The van der Waals surface area contributed by atoms with Gasteiger partial charge in [-0.1, -0.05) is 0 Å². The van der Waals surface area contributed by atoms with Crippen molar-refractivity contribution in [2.75, 3.05) is 7.11 Å². The molecule has 16 heavy (non-hydrogen) atoms. The van der Waals surface area contributed by atoms with Crippen LogP contribution >= 0.6 is 12.2 Å². The molecule has 0 saturated carbocycles. The van der Waals surface area contributed by atoms with Crippen molar-refractivity contribution in [2.45, 2.75) is 6.54 Å². The van der Waals surface area contributed by atoms with Crippen molar-refractivity contribution in [1.82, 2.24) is 5.32 Å². The van der Waals surface area contributed by atoms with E-state index in [2.05, 4.69) is 22.3 Å². The molecule has 1 aromatic carbocycles. The van der Waals surface area contributed by atoms with Gasteiger partial charge in [0.25, 0.3) is 0 Å². The molecule has 0 radical (unpaired) electrons. The van der Waals surface area contributed by atoms with Crippen LogP contribution in [-0.4, -0.2) is 18.2 Å². The second kappa shape index (κ2) is 5.41. The van der Waals surface area contributed by atoms with Crippen LogP contribution in [0.15, 0.2) is 18.2 Å². The zero-order valence-corrected chi connectivity index (χ0v) is 9.44. The third kappa shape index (κ3) is 3.16. The van der Waals surface area contributed by atoms with Gasteiger partial charge in [0.15, 0.2) is 5.11 Å². The van der Waals surface area contributed by atoms with E-state index >= 15 is 0 Å². The first-order valence-corrected chi connectivity index (χ1v) is 4.85. The molecular weight excluding hydrogens is 231 g/mol. The Kier molecular flexibility index (Phi) is 4.19. The molecule has 0 amide bonds. The molecule has 6 heteroatoms. The predicted octanol–water partition coefficient (Wildman–Crippen LogP) is 0.946.